The predicted molar refractivity (Wildman–Crippen MR) is 113 cm³/mol. The fourth-order valence-electron chi connectivity index (χ4n) is 4.29. The molecule has 0 aromatic carbocycles. The standard InChI is InChI=1S/C22H36N4O2/c1-15(2)8-17-9-19-18(10-23-17)21(4,5)14-26(19)20(27)12-25-11-16(3)24-13-22(25,6)28-7/h9-10,15-16,24H,8,11-14H2,1-7H3/t16-,22-/m1/s1. The lowest BCUT2D eigenvalue weighted by Gasteiger charge is -2.46. The summed E-state index contributed by atoms with van der Waals surface area (Å²) in [6.07, 6.45) is 2.90. The smallest absolute Gasteiger partial charge is 0.241 e. The van der Waals surface area contributed by atoms with Gasteiger partial charge in [0.25, 0.3) is 0 Å². The zero-order valence-electron chi connectivity index (χ0n) is 18.5. The van der Waals surface area contributed by atoms with Gasteiger partial charge in [0.15, 0.2) is 0 Å². The molecule has 0 saturated carbocycles. The normalized spacial score (nSPS) is 27.3. The monoisotopic (exact) mass is 388 g/mol. The van der Waals surface area contributed by atoms with E-state index in [1.54, 1.807) is 7.11 Å². The number of ether oxygens (including phenoxy) is 1. The molecular weight excluding hydrogens is 352 g/mol. The molecule has 0 unspecified atom stereocenters. The maximum Gasteiger partial charge on any atom is 0.241 e. The number of anilines is 1. The highest BCUT2D eigenvalue weighted by atomic mass is 16.5. The van der Waals surface area contributed by atoms with E-state index in [1.165, 1.54) is 0 Å². The van der Waals surface area contributed by atoms with Crippen molar-refractivity contribution in [1.82, 2.24) is 15.2 Å². The van der Waals surface area contributed by atoms with Crippen LogP contribution in [-0.4, -0.2) is 60.8 Å². The van der Waals surface area contributed by atoms with Crippen molar-refractivity contribution in [1.29, 1.82) is 0 Å². The van der Waals surface area contributed by atoms with E-state index in [-0.39, 0.29) is 11.3 Å². The van der Waals surface area contributed by atoms with E-state index in [4.69, 9.17) is 4.74 Å². The summed E-state index contributed by atoms with van der Waals surface area (Å²) in [4.78, 5) is 22.2. The van der Waals surface area contributed by atoms with Crippen LogP contribution >= 0.6 is 0 Å². The van der Waals surface area contributed by atoms with Crippen LogP contribution in [0.4, 0.5) is 5.69 Å². The topological polar surface area (TPSA) is 57.7 Å². The van der Waals surface area contributed by atoms with E-state index in [2.05, 4.69) is 55.9 Å². The highest BCUT2D eigenvalue weighted by Crippen LogP contribution is 2.40. The van der Waals surface area contributed by atoms with Gasteiger partial charge in [-0.1, -0.05) is 27.7 Å². The summed E-state index contributed by atoms with van der Waals surface area (Å²) >= 11 is 0. The number of hydrogen-bond donors (Lipinski definition) is 1. The van der Waals surface area contributed by atoms with Gasteiger partial charge in [0.2, 0.25) is 5.91 Å². The number of piperazine rings is 1. The molecule has 3 rings (SSSR count). The van der Waals surface area contributed by atoms with Gasteiger partial charge in [-0.2, -0.15) is 0 Å². The molecule has 0 radical (unpaired) electrons. The number of pyridine rings is 1. The largest absolute Gasteiger partial charge is 0.363 e. The molecule has 0 spiro atoms. The second-order valence-electron chi connectivity index (χ2n) is 9.70. The predicted octanol–water partition coefficient (Wildman–Crippen LogP) is 2.56. The van der Waals surface area contributed by atoms with Crippen LogP contribution in [0.2, 0.25) is 0 Å². The molecule has 2 atom stereocenters. The van der Waals surface area contributed by atoms with Gasteiger partial charge in [-0.3, -0.25) is 14.7 Å². The Labute approximate surface area is 169 Å². The number of aromatic nitrogens is 1. The molecule has 6 nitrogen and oxygen atoms in total. The zero-order valence-corrected chi connectivity index (χ0v) is 18.5. The van der Waals surface area contributed by atoms with Gasteiger partial charge in [-0.15, -0.1) is 0 Å². The second kappa shape index (κ2) is 7.73. The maximum absolute atomic E-state index is 13.4. The van der Waals surface area contributed by atoms with Crippen molar-refractivity contribution >= 4 is 11.6 Å². The van der Waals surface area contributed by atoms with Gasteiger partial charge in [0, 0.05) is 55.7 Å². The van der Waals surface area contributed by atoms with Crippen LogP contribution in [0.15, 0.2) is 12.3 Å². The van der Waals surface area contributed by atoms with Crippen molar-refractivity contribution in [3.05, 3.63) is 23.5 Å². The summed E-state index contributed by atoms with van der Waals surface area (Å²) in [6.45, 7) is 15.5. The van der Waals surface area contributed by atoms with E-state index in [0.29, 0.717) is 31.6 Å². The van der Waals surface area contributed by atoms with Crippen molar-refractivity contribution in [2.45, 2.75) is 65.1 Å². The van der Waals surface area contributed by atoms with Gasteiger partial charge >= 0.3 is 0 Å². The van der Waals surface area contributed by atoms with Crippen LogP contribution < -0.4 is 10.2 Å². The number of hydrogen-bond acceptors (Lipinski definition) is 5. The van der Waals surface area contributed by atoms with Crippen LogP contribution in [0, 0.1) is 5.92 Å². The maximum atomic E-state index is 13.4. The molecular formula is C22H36N4O2. The van der Waals surface area contributed by atoms with Crippen LogP contribution in [0.3, 0.4) is 0 Å². The van der Waals surface area contributed by atoms with Crippen molar-refractivity contribution in [2.24, 2.45) is 5.92 Å². The third-order valence-corrected chi connectivity index (χ3v) is 6.14. The molecule has 1 saturated heterocycles. The number of carbonyl (C=O) groups is 1. The summed E-state index contributed by atoms with van der Waals surface area (Å²) in [6, 6.07) is 2.46. The van der Waals surface area contributed by atoms with Crippen LogP contribution in [-0.2, 0) is 21.4 Å². The molecule has 0 bridgehead atoms. The lowest BCUT2D eigenvalue weighted by atomic mass is 9.88. The van der Waals surface area contributed by atoms with Crippen molar-refractivity contribution in [2.75, 3.05) is 38.2 Å². The number of amides is 1. The fourth-order valence-corrected chi connectivity index (χ4v) is 4.29. The van der Waals surface area contributed by atoms with E-state index >= 15 is 0 Å². The first-order chi connectivity index (χ1) is 13.1. The molecule has 2 aliphatic heterocycles. The van der Waals surface area contributed by atoms with E-state index < -0.39 is 5.72 Å². The molecule has 3 heterocycles. The average Bonchev–Trinajstić information content (AvgIpc) is 2.88. The van der Waals surface area contributed by atoms with Gasteiger partial charge in [0.05, 0.1) is 12.2 Å². The Kier molecular flexibility index (Phi) is 5.86. The Bertz CT molecular complexity index is 733. The highest BCUT2D eigenvalue weighted by molar-refractivity contribution is 5.97. The number of fused-ring (bicyclic) bond motifs is 1. The molecule has 1 N–H and O–H groups in total. The molecule has 0 aliphatic carbocycles. The minimum atomic E-state index is -0.471. The Morgan fingerprint density at radius 2 is 2.11 bits per heavy atom. The number of rotatable bonds is 5. The van der Waals surface area contributed by atoms with Crippen LogP contribution in [0.25, 0.3) is 0 Å². The summed E-state index contributed by atoms with van der Waals surface area (Å²) in [7, 11) is 1.72. The molecule has 2 aliphatic rings. The average molecular weight is 389 g/mol. The minimum absolute atomic E-state index is 0.0876. The van der Waals surface area contributed by atoms with Crippen LogP contribution in [0.1, 0.15) is 52.8 Å². The van der Waals surface area contributed by atoms with E-state index in [1.807, 2.05) is 18.0 Å². The minimum Gasteiger partial charge on any atom is -0.363 e. The molecule has 1 aromatic heterocycles. The zero-order chi connectivity index (χ0) is 20.7. The summed E-state index contributed by atoms with van der Waals surface area (Å²) < 4.78 is 5.76. The fraction of sp³-hybridized carbons (Fsp3) is 0.727. The number of nitrogens with zero attached hydrogens (tertiary/aromatic N) is 3. The second-order valence-corrected chi connectivity index (χ2v) is 9.70. The first kappa shape index (κ1) is 21.2. The summed E-state index contributed by atoms with van der Waals surface area (Å²) in [5, 5.41) is 3.45. The van der Waals surface area contributed by atoms with Crippen LogP contribution in [0.5, 0.6) is 0 Å². The van der Waals surface area contributed by atoms with Crippen molar-refractivity contribution in [3.8, 4) is 0 Å². The Morgan fingerprint density at radius 1 is 1.39 bits per heavy atom. The summed E-state index contributed by atoms with van der Waals surface area (Å²) in [5.74, 6) is 0.666. The first-order valence-corrected chi connectivity index (χ1v) is 10.4. The number of methoxy groups -OCH3 is 1. The first-order valence-electron chi connectivity index (χ1n) is 10.4. The lowest BCUT2D eigenvalue weighted by molar-refractivity contribution is -0.150. The Hall–Kier alpha value is -1.50. The highest BCUT2D eigenvalue weighted by Gasteiger charge is 2.42. The molecule has 156 valence electrons. The molecule has 1 aromatic rings. The van der Waals surface area contributed by atoms with E-state index in [9.17, 15) is 4.79 Å². The summed E-state index contributed by atoms with van der Waals surface area (Å²) in [5.41, 5.74) is 2.69. The third kappa shape index (κ3) is 4.09. The molecule has 1 amide bonds. The lowest BCUT2D eigenvalue weighted by Crippen LogP contribution is -2.65. The molecule has 6 heteroatoms. The molecule has 28 heavy (non-hydrogen) atoms. The number of carbonyl (C=O) groups excluding carboxylic acids is 1. The van der Waals surface area contributed by atoms with Gasteiger partial charge in [0.1, 0.15) is 5.72 Å². The van der Waals surface area contributed by atoms with Gasteiger partial charge in [-0.25, -0.2) is 0 Å². The van der Waals surface area contributed by atoms with Crippen molar-refractivity contribution in [3.63, 3.8) is 0 Å². The SMILES string of the molecule is CO[C@]1(C)CN[C@H](C)CN1CC(=O)N1CC(C)(C)c2cnc(CC(C)C)cc21. The quantitative estimate of drug-likeness (QED) is 0.840. The molecule has 1 fully saturated rings. The van der Waals surface area contributed by atoms with Crippen molar-refractivity contribution < 1.29 is 9.53 Å². The van der Waals surface area contributed by atoms with E-state index in [0.717, 1.165) is 29.9 Å². The Morgan fingerprint density at radius 3 is 2.75 bits per heavy atom. The third-order valence-electron chi connectivity index (χ3n) is 6.14. The number of nitrogens with one attached hydrogen (secondary N) is 1. The Balaban J connectivity index is 1.85. The van der Waals surface area contributed by atoms with Gasteiger partial charge < -0.3 is 15.0 Å². The van der Waals surface area contributed by atoms with Gasteiger partial charge in [-0.05, 0) is 32.3 Å².